The van der Waals surface area contributed by atoms with Gasteiger partial charge in [-0.05, 0) is 55.4 Å². The fraction of sp³-hybridized carbons (Fsp3) is 0.273. The Bertz CT molecular complexity index is 1220. The van der Waals surface area contributed by atoms with E-state index < -0.39 is 15.9 Å². The van der Waals surface area contributed by atoms with Gasteiger partial charge in [0.1, 0.15) is 4.88 Å². The third-order valence-electron chi connectivity index (χ3n) is 4.66. The number of halogens is 1. The Morgan fingerprint density at radius 2 is 1.69 bits per heavy atom. The highest BCUT2D eigenvalue weighted by molar-refractivity contribution is 7.89. The van der Waals surface area contributed by atoms with E-state index in [9.17, 15) is 13.2 Å². The zero-order valence-corrected chi connectivity index (χ0v) is 20.9. The van der Waals surface area contributed by atoms with Crippen molar-refractivity contribution >= 4 is 72.0 Å². The van der Waals surface area contributed by atoms with E-state index in [1.54, 1.807) is 12.1 Å². The summed E-state index contributed by atoms with van der Waals surface area (Å²) in [5.74, 6) is -0.400. The van der Waals surface area contributed by atoms with Crippen molar-refractivity contribution in [2.45, 2.75) is 31.6 Å². The van der Waals surface area contributed by atoms with Gasteiger partial charge >= 0.3 is 0 Å². The van der Waals surface area contributed by atoms with Crippen LogP contribution in [-0.2, 0) is 10.0 Å². The molecule has 0 fully saturated rings. The maximum Gasteiger partial charge on any atom is 0.269 e. The second-order valence-electron chi connectivity index (χ2n) is 7.08. The molecule has 32 heavy (non-hydrogen) atoms. The molecule has 1 amide bonds. The van der Waals surface area contributed by atoms with Crippen LogP contribution in [0.25, 0.3) is 10.1 Å². The first kappa shape index (κ1) is 24.6. The third-order valence-corrected chi connectivity index (χ3v) is 8.46. The zero-order valence-electron chi connectivity index (χ0n) is 17.7. The number of rotatable bonds is 8. The average Bonchev–Trinajstić information content (AvgIpc) is 3.11. The molecule has 1 heterocycles. The zero-order chi connectivity index (χ0) is 23.3. The summed E-state index contributed by atoms with van der Waals surface area (Å²) in [4.78, 5) is 13.2. The van der Waals surface area contributed by atoms with Crippen molar-refractivity contribution in [2.75, 3.05) is 18.4 Å². The number of carbonyl (C=O) groups excluding carboxylic acids is 1. The minimum atomic E-state index is -3.55. The molecule has 0 saturated heterocycles. The highest BCUT2D eigenvalue weighted by Crippen LogP contribution is 2.35. The Kier molecular flexibility index (Phi) is 8.24. The van der Waals surface area contributed by atoms with Crippen molar-refractivity contribution < 1.29 is 13.2 Å². The lowest BCUT2D eigenvalue weighted by Gasteiger charge is -2.21. The fourth-order valence-corrected chi connectivity index (χ4v) is 6.44. The van der Waals surface area contributed by atoms with E-state index in [0.29, 0.717) is 28.7 Å². The van der Waals surface area contributed by atoms with Gasteiger partial charge in [0.25, 0.3) is 5.91 Å². The molecular weight excluding hydrogens is 486 g/mol. The topological polar surface area (TPSA) is 78.5 Å². The van der Waals surface area contributed by atoms with Gasteiger partial charge in [-0.2, -0.15) is 4.31 Å². The first-order valence-electron chi connectivity index (χ1n) is 10.2. The highest BCUT2D eigenvalue weighted by atomic mass is 35.5. The Hall–Kier alpha value is -2.04. The summed E-state index contributed by atoms with van der Waals surface area (Å²) in [7, 11) is -3.55. The lowest BCUT2D eigenvalue weighted by molar-refractivity contribution is 0.0982. The molecule has 0 aliphatic rings. The molecule has 0 aliphatic heterocycles. The number of hydrogen-bond acceptors (Lipinski definition) is 5. The minimum Gasteiger partial charge on any atom is -0.332 e. The molecule has 0 aliphatic carbocycles. The van der Waals surface area contributed by atoms with Gasteiger partial charge in [-0.25, -0.2) is 8.42 Å². The van der Waals surface area contributed by atoms with E-state index in [1.165, 1.54) is 27.8 Å². The first-order chi connectivity index (χ1) is 15.3. The number of nitrogens with one attached hydrogen (secondary N) is 2. The number of sulfonamides is 1. The van der Waals surface area contributed by atoms with Crippen LogP contribution in [0.3, 0.4) is 0 Å². The van der Waals surface area contributed by atoms with Crippen LogP contribution in [0.15, 0.2) is 53.4 Å². The Morgan fingerprint density at radius 1 is 1.06 bits per heavy atom. The molecule has 3 aromatic rings. The van der Waals surface area contributed by atoms with E-state index in [4.69, 9.17) is 23.8 Å². The van der Waals surface area contributed by atoms with Crippen molar-refractivity contribution in [3.05, 3.63) is 58.4 Å². The maximum atomic E-state index is 12.9. The van der Waals surface area contributed by atoms with Crippen LogP contribution in [0.1, 0.15) is 36.4 Å². The van der Waals surface area contributed by atoms with Gasteiger partial charge in [-0.3, -0.25) is 10.1 Å². The molecule has 6 nitrogen and oxygen atoms in total. The summed E-state index contributed by atoms with van der Waals surface area (Å²) >= 11 is 12.9. The lowest BCUT2D eigenvalue weighted by Crippen LogP contribution is -2.34. The number of nitrogens with zero attached hydrogens (tertiary/aromatic N) is 1. The van der Waals surface area contributed by atoms with Crippen molar-refractivity contribution in [3.8, 4) is 0 Å². The normalized spacial score (nSPS) is 11.6. The highest BCUT2D eigenvalue weighted by Gasteiger charge is 2.23. The summed E-state index contributed by atoms with van der Waals surface area (Å²) in [6.45, 7) is 4.86. The molecule has 10 heteroatoms. The van der Waals surface area contributed by atoms with Crippen molar-refractivity contribution in [2.24, 2.45) is 0 Å². The summed E-state index contributed by atoms with van der Waals surface area (Å²) in [5.41, 5.74) is 0.564. The molecule has 3 rings (SSSR count). The molecular formula is C22H24ClN3O3S3. The van der Waals surface area contributed by atoms with Crippen molar-refractivity contribution in [3.63, 3.8) is 0 Å². The number of benzene rings is 2. The standard InChI is InChI=1S/C22H24ClN3O3S3/c1-3-13-26(14-4-2)32(28,29)16-11-9-15(10-12-16)24-22(30)25-21(27)20-19(23)17-7-5-6-8-18(17)31-20/h5-12H,3-4,13-14H2,1-2H3,(H2,24,25,27,30). The molecule has 0 bridgehead atoms. The van der Waals surface area contributed by atoms with Gasteiger partial charge in [-0.15, -0.1) is 11.3 Å². The van der Waals surface area contributed by atoms with Crippen LogP contribution in [0.2, 0.25) is 5.02 Å². The Morgan fingerprint density at radius 3 is 2.28 bits per heavy atom. The van der Waals surface area contributed by atoms with E-state index in [2.05, 4.69) is 10.6 Å². The lowest BCUT2D eigenvalue weighted by atomic mass is 10.2. The quantitative estimate of drug-likeness (QED) is 0.392. The van der Waals surface area contributed by atoms with Gasteiger partial charge in [0.2, 0.25) is 10.0 Å². The van der Waals surface area contributed by atoms with Crippen molar-refractivity contribution in [1.82, 2.24) is 9.62 Å². The monoisotopic (exact) mass is 509 g/mol. The van der Waals surface area contributed by atoms with Gasteiger partial charge < -0.3 is 5.32 Å². The molecule has 0 radical (unpaired) electrons. The molecule has 170 valence electrons. The molecule has 2 aromatic carbocycles. The summed E-state index contributed by atoms with van der Waals surface area (Å²) in [6.07, 6.45) is 1.49. The second-order valence-corrected chi connectivity index (χ2v) is 10.9. The number of anilines is 1. The second kappa shape index (κ2) is 10.7. The predicted octanol–water partition coefficient (Wildman–Crippen LogP) is 5.49. The SMILES string of the molecule is CCCN(CCC)S(=O)(=O)c1ccc(NC(=S)NC(=O)c2sc3ccccc3c2Cl)cc1. The molecule has 2 N–H and O–H groups in total. The Labute approximate surface area is 202 Å². The van der Waals surface area contributed by atoms with E-state index in [-0.39, 0.29) is 10.0 Å². The minimum absolute atomic E-state index is 0.0951. The number of hydrogen-bond donors (Lipinski definition) is 2. The van der Waals surface area contributed by atoms with Crippen LogP contribution in [0, 0.1) is 0 Å². The van der Waals surface area contributed by atoms with Gasteiger partial charge in [-0.1, -0.05) is 43.6 Å². The van der Waals surface area contributed by atoms with Crippen molar-refractivity contribution in [1.29, 1.82) is 0 Å². The molecule has 0 atom stereocenters. The van der Waals surface area contributed by atoms with Gasteiger partial charge in [0.15, 0.2) is 5.11 Å². The van der Waals surface area contributed by atoms with Crippen LogP contribution in [-0.4, -0.2) is 36.8 Å². The van der Waals surface area contributed by atoms with E-state index in [1.807, 2.05) is 38.1 Å². The largest absolute Gasteiger partial charge is 0.332 e. The van der Waals surface area contributed by atoms with Gasteiger partial charge in [0, 0.05) is 28.9 Å². The Balaban J connectivity index is 1.67. The number of thiophene rings is 1. The number of amides is 1. The van der Waals surface area contributed by atoms with Crippen LogP contribution in [0.5, 0.6) is 0 Å². The maximum absolute atomic E-state index is 12.9. The molecule has 1 aromatic heterocycles. The molecule has 0 unspecified atom stereocenters. The predicted molar refractivity (Wildman–Crippen MR) is 136 cm³/mol. The van der Waals surface area contributed by atoms with E-state index in [0.717, 1.165) is 22.9 Å². The van der Waals surface area contributed by atoms with Crippen LogP contribution < -0.4 is 10.6 Å². The smallest absolute Gasteiger partial charge is 0.269 e. The van der Waals surface area contributed by atoms with Gasteiger partial charge in [0.05, 0.1) is 9.92 Å². The average molecular weight is 510 g/mol. The number of carbonyl (C=O) groups is 1. The molecule has 0 spiro atoms. The summed E-state index contributed by atoms with van der Waals surface area (Å²) < 4.78 is 28.1. The summed E-state index contributed by atoms with van der Waals surface area (Å²) in [6, 6.07) is 13.8. The van der Waals surface area contributed by atoms with Crippen LogP contribution in [0.4, 0.5) is 5.69 Å². The first-order valence-corrected chi connectivity index (χ1v) is 13.2. The fourth-order valence-electron chi connectivity index (χ4n) is 3.19. The van der Waals surface area contributed by atoms with Crippen LogP contribution >= 0.6 is 35.2 Å². The van der Waals surface area contributed by atoms with E-state index >= 15 is 0 Å². The number of fused-ring (bicyclic) bond motifs is 1. The molecule has 0 saturated carbocycles. The number of thiocarbonyl (C=S) groups is 1. The summed E-state index contributed by atoms with van der Waals surface area (Å²) in [5, 5.41) is 6.84. The third kappa shape index (κ3) is 5.47.